The van der Waals surface area contributed by atoms with Crippen LogP contribution in [-0.2, 0) is 16.1 Å². The molecule has 0 atom stereocenters. The Morgan fingerprint density at radius 3 is 2.26 bits per heavy atom. The number of halogens is 3. The molecule has 0 bridgehead atoms. The molecule has 12 heteroatoms. The fourth-order valence-electron chi connectivity index (χ4n) is 4.00. The maximum Gasteiger partial charge on any atom is 0.490 e. The third-order valence-corrected chi connectivity index (χ3v) is 6.55. The molecular formula is C27H30F3N5O4. The van der Waals surface area contributed by atoms with E-state index in [9.17, 15) is 18.0 Å². The van der Waals surface area contributed by atoms with Gasteiger partial charge in [0, 0.05) is 55.0 Å². The average molecular weight is 546 g/mol. The second kappa shape index (κ2) is 11.9. The SMILES string of the molecule is Cc1ccc(NC(=O)c2cc(-c3cnc(N4CCOCC4)nc3)cn2CC2CC2)cc1C.O=C(O)C(F)(F)F. The summed E-state index contributed by atoms with van der Waals surface area (Å²) in [6, 6.07) is 7.95. The van der Waals surface area contributed by atoms with E-state index in [-0.39, 0.29) is 5.91 Å². The molecule has 208 valence electrons. The predicted octanol–water partition coefficient (Wildman–Crippen LogP) is 4.69. The summed E-state index contributed by atoms with van der Waals surface area (Å²) < 4.78 is 39.2. The molecule has 0 spiro atoms. The summed E-state index contributed by atoms with van der Waals surface area (Å²) in [5.41, 5.74) is 5.73. The second-order valence-corrected chi connectivity index (χ2v) is 9.64. The number of amides is 1. The van der Waals surface area contributed by atoms with Crippen molar-refractivity contribution < 1.29 is 32.6 Å². The lowest BCUT2D eigenvalue weighted by Gasteiger charge is -2.26. The molecule has 3 heterocycles. The minimum Gasteiger partial charge on any atom is -0.475 e. The highest BCUT2D eigenvalue weighted by atomic mass is 19.4. The molecule has 0 unspecified atom stereocenters. The van der Waals surface area contributed by atoms with Crippen LogP contribution in [0.1, 0.15) is 34.5 Å². The van der Waals surface area contributed by atoms with Gasteiger partial charge in [-0.05, 0) is 61.9 Å². The summed E-state index contributed by atoms with van der Waals surface area (Å²) >= 11 is 0. The van der Waals surface area contributed by atoms with Crippen molar-refractivity contribution >= 4 is 23.5 Å². The Labute approximate surface area is 223 Å². The van der Waals surface area contributed by atoms with E-state index in [0.29, 0.717) is 24.8 Å². The van der Waals surface area contributed by atoms with Crippen molar-refractivity contribution in [2.45, 2.75) is 39.4 Å². The summed E-state index contributed by atoms with van der Waals surface area (Å²) in [4.78, 5) is 33.3. The van der Waals surface area contributed by atoms with Crippen molar-refractivity contribution in [1.82, 2.24) is 14.5 Å². The molecule has 2 fully saturated rings. The summed E-state index contributed by atoms with van der Waals surface area (Å²) in [7, 11) is 0. The highest BCUT2D eigenvalue weighted by Crippen LogP contribution is 2.33. The summed E-state index contributed by atoms with van der Waals surface area (Å²) in [5, 5.41) is 10.2. The Morgan fingerprint density at radius 1 is 1.05 bits per heavy atom. The number of carboxylic acid groups (broad SMARTS) is 1. The molecule has 5 rings (SSSR count). The quantitative estimate of drug-likeness (QED) is 0.462. The third kappa shape index (κ3) is 7.56. The zero-order chi connectivity index (χ0) is 28.2. The molecular weight excluding hydrogens is 515 g/mol. The van der Waals surface area contributed by atoms with Gasteiger partial charge >= 0.3 is 12.1 Å². The summed E-state index contributed by atoms with van der Waals surface area (Å²) in [6.45, 7) is 8.00. The van der Waals surface area contributed by atoms with Gasteiger partial charge in [-0.3, -0.25) is 4.79 Å². The Kier molecular flexibility index (Phi) is 8.54. The molecule has 1 aromatic carbocycles. The lowest BCUT2D eigenvalue weighted by molar-refractivity contribution is -0.192. The fraction of sp³-hybridized carbons (Fsp3) is 0.407. The summed E-state index contributed by atoms with van der Waals surface area (Å²) in [5.74, 6) is -1.47. The van der Waals surface area contributed by atoms with Gasteiger partial charge in [-0.15, -0.1) is 0 Å². The first kappa shape index (κ1) is 28.1. The number of nitrogens with one attached hydrogen (secondary N) is 1. The fourth-order valence-corrected chi connectivity index (χ4v) is 4.00. The van der Waals surface area contributed by atoms with Crippen molar-refractivity contribution in [2.75, 3.05) is 36.5 Å². The Morgan fingerprint density at radius 2 is 1.69 bits per heavy atom. The number of ether oxygens (including phenoxy) is 1. The molecule has 39 heavy (non-hydrogen) atoms. The lowest BCUT2D eigenvalue weighted by atomic mass is 10.1. The molecule has 1 aliphatic carbocycles. The van der Waals surface area contributed by atoms with Crippen LogP contribution >= 0.6 is 0 Å². The number of morpholine rings is 1. The van der Waals surface area contributed by atoms with Crippen LogP contribution < -0.4 is 10.2 Å². The molecule has 0 radical (unpaired) electrons. The molecule has 2 N–H and O–H groups in total. The van der Waals surface area contributed by atoms with E-state index in [1.54, 1.807) is 0 Å². The number of aryl methyl sites for hydroxylation is 2. The number of carboxylic acids is 1. The van der Waals surface area contributed by atoms with Crippen molar-refractivity contribution in [2.24, 2.45) is 5.92 Å². The number of aliphatic carboxylic acids is 1. The van der Waals surface area contributed by atoms with Crippen LogP contribution in [0.15, 0.2) is 42.9 Å². The minimum absolute atomic E-state index is 0.0917. The largest absolute Gasteiger partial charge is 0.490 e. The standard InChI is InChI=1S/C25H29N5O2.C2HF3O2/c1-17-3-6-22(11-18(17)2)28-24(31)23-12-20(16-30(23)15-19-4-5-19)21-13-26-25(27-14-21)29-7-9-32-10-8-29;3-2(4,5)1(6)7/h3,6,11-14,16,19H,4-5,7-10,15H2,1-2H3,(H,28,31);(H,6,7). The van der Waals surface area contributed by atoms with Gasteiger partial charge < -0.3 is 24.6 Å². The number of benzene rings is 1. The van der Waals surface area contributed by atoms with Gasteiger partial charge in [0.25, 0.3) is 5.91 Å². The third-order valence-electron chi connectivity index (χ3n) is 6.55. The summed E-state index contributed by atoms with van der Waals surface area (Å²) in [6.07, 6.45) is 3.12. The van der Waals surface area contributed by atoms with Crippen LogP contribution in [0, 0.1) is 19.8 Å². The second-order valence-electron chi connectivity index (χ2n) is 9.64. The van der Waals surface area contributed by atoms with E-state index in [2.05, 4.69) is 44.8 Å². The predicted molar refractivity (Wildman–Crippen MR) is 139 cm³/mol. The molecule has 1 amide bonds. The number of hydrogen-bond donors (Lipinski definition) is 2. The van der Waals surface area contributed by atoms with Crippen LogP contribution in [-0.4, -0.2) is 64.0 Å². The maximum absolute atomic E-state index is 13.2. The van der Waals surface area contributed by atoms with E-state index >= 15 is 0 Å². The number of hydrogen-bond acceptors (Lipinski definition) is 6. The smallest absolute Gasteiger partial charge is 0.475 e. The van der Waals surface area contributed by atoms with Gasteiger partial charge in [0.2, 0.25) is 5.95 Å². The van der Waals surface area contributed by atoms with Gasteiger partial charge in [-0.1, -0.05) is 6.07 Å². The lowest BCUT2D eigenvalue weighted by Crippen LogP contribution is -2.37. The number of alkyl halides is 3. The number of carbonyl (C=O) groups is 2. The van der Waals surface area contributed by atoms with E-state index < -0.39 is 12.1 Å². The normalized spacial score (nSPS) is 15.4. The van der Waals surface area contributed by atoms with E-state index in [1.807, 2.05) is 36.7 Å². The Hall–Kier alpha value is -3.93. The van der Waals surface area contributed by atoms with Gasteiger partial charge in [0.15, 0.2) is 0 Å². The number of carbonyl (C=O) groups excluding carboxylic acids is 1. The molecule has 1 saturated heterocycles. The average Bonchev–Trinajstić information content (AvgIpc) is 3.62. The van der Waals surface area contributed by atoms with Gasteiger partial charge in [-0.25, -0.2) is 14.8 Å². The highest BCUT2D eigenvalue weighted by Gasteiger charge is 2.38. The molecule has 2 aliphatic rings. The zero-order valence-corrected chi connectivity index (χ0v) is 21.7. The van der Waals surface area contributed by atoms with Crippen molar-refractivity contribution in [1.29, 1.82) is 0 Å². The van der Waals surface area contributed by atoms with Crippen LogP contribution in [0.4, 0.5) is 24.8 Å². The maximum atomic E-state index is 13.2. The van der Waals surface area contributed by atoms with E-state index in [4.69, 9.17) is 14.6 Å². The minimum atomic E-state index is -5.08. The molecule has 2 aromatic heterocycles. The van der Waals surface area contributed by atoms with Gasteiger partial charge in [0.05, 0.1) is 13.2 Å². The van der Waals surface area contributed by atoms with Crippen molar-refractivity contribution in [3.05, 3.63) is 59.7 Å². The van der Waals surface area contributed by atoms with E-state index in [1.165, 1.54) is 18.4 Å². The number of rotatable bonds is 6. The van der Waals surface area contributed by atoms with Gasteiger partial charge in [0.1, 0.15) is 5.69 Å². The van der Waals surface area contributed by atoms with Crippen molar-refractivity contribution in [3.63, 3.8) is 0 Å². The Balaban J connectivity index is 0.000000448. The first-order valence-electron chi connectivity index (χ1n) is 12.6. The highest BCUT2D eigenvalue weighted by molar-refractivity contribution is 6.04. The molecule has 1 saturated carbocycles. The van der Waals surface area contributed by atoms with Crippen molar-refractivity contribution in [3.8, 4) is 11.1 Å². The molecule has 1 aliphatic heterocycles. The van der Waals surface area contributed by atoms with E-state index in [0.717, 1.165) is 48.0 Å². The molecule has 9 nitrogen and oxygen atoms in total. The van der Waals surface area contributed by atoms with Gasteiger partial charge in [-0.2, -0.15) is 13.2 Å². The van der Waals surface area contributed by atoms with Crippen LogP contribution in [0.5, 0.6) is 0 Å². The van der Waals surface area contributed by atoms with Crippen LogP contribution in [0.2, 0.25) is 0 Å². The first-order valence-corrected chi connectivity index (χ1v) is 12.6. The van der Waals surface area contributed by atoms with Crippen LogP contribution in [0.25, 0.3) is 11.1 Å². The van der Waals surface area contributed by atoms with Crippen LogP contribution in [0.3, 0.4) is 0 Å². The number of nitrogens with zero attached hydrogens (tertiary/aromatic N) is 4. The number of aromatic nitrogens is 3. The monoisotopic (exact) mass is 545 g/mol. The number of anilines is 2. The first-order chi connectivity index (χ1) is 18.5. The Bertz CT molecular complexity index is 1310. The topological polar surface area (TPSA) is 110 Å². The molecule has 3 aromatic rings. The zero-order valence-electron chi connectivity index (χ0n) is 21.7.